The van der Waals surface area contributed by atoms with E-state index < -0.39 is 11.9 Å². The van der Waals surface area contributed by atoms with E-state index in [-0.39, 0.29) is 12.3 Å². The summed E-state index contributed by atoms with van der Waals surface area (Å²) in [6.07, 6.45) is -0.0295. The van der Waals surface area contributed by atoms with Gasteiger partial charge in [-0.05, 0) is 65.3 Å². The lowest BCUT2D eigenvalue weighted by Crippen LogP contribution is -2.32. The van der Waals surface area contributed by atoms with Gasteiger partial charge in [0.1, 0.15) is 0 Å². The van der Waals surface area contributed by atoms with Gasteiger partial charge >= 0.3 is 0 Å². The first kappa shape index (κ1) is 17.7. The van der Waals surface area contributed by atoms with Gasteiger partial charge in [0, 0.05) is 20.5 Å². The number of halogens is 2. The van der Waals surface area contributed by atoms with E-state index in [0.29, 0.717) is 17.1 Å². The van der Waals surface area contributed by atoms with E-state index in [1.807, 2.05) is 18.2 Å². The second-order valence-electron chi connectivity index (χ2n) is 5.07. The van der Waals surface area contributed by atoms with Crippen molar-refractivity contribution >= 4 is 51.8 Å². The molecule has 0 aromatic heterocycles. The van der Waals surface area contributed by atoms with E-state index in [2.05, 4.69) is 27.9 Å². The molecule has 0 heterocycles. The number of hydrogen-bond donors (Lipinski definition) is 1. The van der Waals surface area contributed by atoms with Crippen molar-refractivity contribution in [1.82, 2.24) is 0 Å². The zero-order valence-corrected chi connectivity index (χ0v) is 15.0. The molecule has 1 atom stereocenters. The molecule has 2 aromatic rings. The maximum absolute atomic E-state index is 12.4. The van der Waals surface area contributed by atoms with Gasteiger partial charge < -0.3 is 15.2 Å². The zero-order valence-electron chi connectivity index (χ0n) is 12.1. The van der Waals surface area contributed by atoms with Gasteiger partial charge in [-0.2, -0.15) is 0 Å². The van der Waals surface area contributed by atoms with Gasteiger partial charge in [0.05, 0.1) is 5.69 Å². The van der Waals surface area contributed by atoms with Crippen molar-refractivity contribution in [2.75, 3.05) is 5.32 Å². The standard InChI is InChI=1S/C17H15ClINO3/c18-13-7-5-11(6-8-13)9-12(10-16(21)22)17(23)20-15-4-2-1-3-14(15)19/h1-8,12H,9-10H2,(H,20,23)(H,21,22)/p-1/t12-/m0/s1. The third-order valence-electron chi connectivity index (χ3n) is 3.31. The van der Waals surface area contributed by atoms with Gasteiger partial charge in [-0.25, -0.2) is 0 Å². The summed E-state index contributed by atoms with van der Waals surface area (Å²) in [5, 5.41) is 14.3. The Morgan fingerprint density at radius 2 is 1.78 bits per heavy atom. The number of rotatable bonds is 6. The van der Waals surface area contributed by atoms with Crippen LogP contribution in [0, 0.1) is 9.49 Å². The van der Waals surface area contributed by atoms with Gasteiger partial charge in [-0.1, -0.05) is 35.9 Å². The number of anilines is 1. The summed E-state index contributed by atoms with van der Waals surface area (Å²) in [5.74, 6) is -2.30. The summed E-state index contributed by atoms with van der Waals surface area (Å²) < 4.78 is 0.886. The van der Waals surface area contributed by atoms with Gasteiger partial charge in [-0.15, -0.1) is 0 Å². The third kappa shape index (κ3) is 5.51. The van der Waals surface area contributed by atoms with Crippen LogP contribution in [0.25, 0.3) is 0 Å². The average molecular weight is 443 g/mol. The van der Waals surface area contributed by atoms with Crippen LogP contribution in [0.1, 0.15) is 12.0 Å². The number of hydrogen-bond acceptors (Lipinski definition) is 3. The molecule has 0 fully saturated rings. The van der Waals surface area contributed by atoms with Crippen molar-refractivity contribution in [1.29, 1.82) is 0 Å². The van der Waals surface area contributed by atoms with Gasteiger partial charge in [0.15, 0.2) is 0 Å². The lowest BCUT2D eigenvalue weighted by Gasteiger charge is -2.18. The number of carbonyl (C=O) groups is 2. The molecular weight excluding hydrogens is 429 g/mol. The maximum atomic E-state index is 12.4. The summed E-state index contributed by atoms with van der Waals surface area (Å²) in [6.45, 7) is 0. The molecule has 6 heteroatoms. The predicted octanol–water partition coefficient (Wildman–Crippen LogP) is 2.88. The fourth-order valence-electron chi connectivity index (χ4n) is 2.16. The van der Waals surface area contributed by atoms with E-state index in [1.165, 1.54) is 0 Å². The molecule has 0 aliphatic carbocycles. The minimum atomic E-state index is -1.25. The number of amides is 1. The van der Waals surface area contributed by atoms with Crippen LogP contribution < -0.4 is 10.4 Å². The molecule has 0 saturated carbocycles. The predicted molar refractivity (Wildman–Crippen MR) is 96.1 cm³/mol. The van der Waals surface area contributed by atoms with Crippen molar-refractivity contribution in [3.05, 3.63) is 62.7 Å². The van der Waals surface area contributed by atoms with Crippen molar-refractivity contribution < 1.29 is 14.7 Å². The van der Waals surface area contributed by atoms with E-state index in [0.717, 1.165) is 9.13 Å². The number of carbonyl (C=O) groups excluding carboxylic acids is 2. The molecule has 0 bridgehead atoms. The fraction of sp³-hybridized carbons (Fsp3) is 0.176. The Bertz CT molecular complexity index is 703. The first-order valence-electron chi connectivity index (χ1n) is 6.95. The highest BCUT2D eigenvalue weighted by atomic mass is 127. The lowest BCUT2D eigenvalue weighted by atomic mass is 9.95. The van der Waals surface area contributed by atoms with E-state index in [4.69, 9.17) is 11.6 Å². The van der Waals surface area contributed by atoms with Crippen LogP contribution in [0.5, 0.6) is 0 Å². The van der Waals surface area contributed by atoms with Crippen molar-refractivity contribution in [3.8, 4) is 0 Å². The largest absolute Gasteiger partial charge is 0.550 e. The van der Waals surface area contributed by atoms with E-state index in [9.17, 15) is 14.7 Å². The Kier molecular flexibility index (Phi) is 6.41. The Morgan fingerprint density at radius 1 is 1.13 bits per heavy atom. The Morgan fingerprint density at radius 3 is 2.39 bits per heavy atom. The van der Waals surface area contributed by atoms with Crippen LogP contribution in [0.15, 0.2) is 48.5 Å². The SMILES string of the molecule is O=C([O-])C[C@H](Cc1ccc(Cl)cc1)C(=O)Nc1ccccc1I. The summed E-state index contributed by atoms with van der Waals surface area (Å²) in [6, 6.07) is 14.3. The minimum Gasteiger partial charge on any atom is -0.550 e. The number of benzene rings is 2. The van der Waals surface area contributed by atoms with Gasteiger partial charge in [0.25, 0.3) is 0 Å². The molecule has 0 radical (unpaired) electrons. The maximum Gasteiger partial charge on any atom is 0.228 e. The van der Waals surface area contributed by atoms with Crippen molar-refractivity contribution in [3.63, 3.8) is 0 Å². The molecule has 23 heavy (non-hydrogen) atoms. The quantitative estimate of drug-likeness (QED) is 0.700. The normalized spacial score (nSPS) is 11.7. The van der Waals surface area contributed by atoms with Crippen molar-refractivity contribution in [2.24, 2.45) is 5.92 Å². The van der Waals surface area contributed by atoms with Gasteiger partial charge in [-0.3, -0.25) is 4.79 Å². The topological polar surface area (TPSA) is 69.2 Å². The summed E-state index contributed by atoms with van der Waals surface area (Å²) in [4.78, 5) is 23.4. The molecular formula is C17H14ClINO3-. The molecule has 1 N–H and O–H groups in total. The van der Waals surface area contributed by atoms with Gasteiger partial charge in [0.2, 0.25) is 5.91 Å². The number of nitrogens with one attached hydrogen (secondary N) is 1. The van der Waals surface area contributed by atoms with Crippen LogP contribution in [-0.4, -0.2) is 11.9 Å². The second-order valence-corrected chi connectivity index (χ2v) is 6.67. The molecule has 0 spiro atoms. The molecule has 1 amide bonds. The monoisotopic (exact) mass is 442 g/mol. The number of carboxylic acid groups (broad SMARTS) is 1. The van der Waals surface area contributed by atoms with Crippen LogP contribution >= 0.6 is 34.2 Å². The highest BCUT2D eigenvalue weighted by Gasteiger charge is 2.20. The Labute approximate surface area is 153 Å². The van der Waals surface area contributed by atoms with E-state index in [1.54, 1.807) is 30.3 Å². The number of aliphatic carboxylic acids is 1. The minimum absolute atomic E-state index is 0.306. The molecule has 0 unspecified atom stereocenters. The summed E-state index contributed by atoms with van der Waals surface area (Å²) in [7, 11) is 0. The Balaban J connectivity index is 2.13. The second kappa shape index (κ2) is 8.31. The highest BCUT2D eigenvalue weighted by molar-refractivity contribution is 14.1. The molecule has 4 nitrogen and oxygen atoms in total. The molecule has 2 aromatic carbocycles. The average Bonchev–Trinajstić information content (AvgIpc) is 2.50. The molecule has 0 aliphatic heterocycles. The lowest BCUT2D eigenvalue weighted by molar-refractivity contribution is -0.306. The molecule has 0 aliphatic rings. The Hall–Kier alpha value is -1.60. The third-order valence-corrected chi connectivity index (χ3v) is 4.50. The number of carboxylic acids is 1. The van der Waals surface area contributed by atoms with Crippen molar-refractivity contribution in [2.45, 2.75) is 12.8 Å². The first-order chi connectivity index (χ1) is 11.0. The van der Waals surface area contributed by atoms with Crippen LogP contribution in [0.3, 0.4) is 0 Å². The van der Waals surface area contributed by atoms with Crippen LogP contribution in [-0.2, 0) is 16.0 Å². The first-order valence-corrected chi connectivity index (χ1v) is 8.41. The summed E-state index contributed by atoms with van der Waals surface area (Å²) >= 11 is 7.95. The molecule has 120 valence electrons. The smallest absolute Gasteiger partial charge is 0.228 e. The summed E-state index contributed by atoms with van der Waals surface area (Å²) in [5.41, 5.74) is 1.51. The zero-order chi connectivity index (χ0) is 16.8. The molecule has 2 rings (SSSR count). The van der Waals surface area contributed by atoms with E-state index >= 15 is 0 Å². The van der Waals surface area contributed by atoms with Crippen LogP contribution in [0.2, 0.25) is 5.02 Å². The highest BCUT2D eigenvalue weighted by Crippen LogP contribution is 2.21. The fourth-order valence-corrected chi connectivity index (χ4v) is 2.81. The molecule has 0 saturated heterocycles. The number of para-hydroxylation sites is 1. The van der Waals surface area contributed by atoms with Crippen LogP contribution in [0.4, 0.5) is 5.69 Å².